The molecule has 0 amide bonds. The Labute approximate surface area is 487 Å². The predicted octanol–water partition coefficient (Wildman–Crippen LogP) is 17.7. The molecule has 5 aromatic carbocycles. The monoisotopic (exact) mass is 1150 g/mol. The Hall–Kier alpha value is -5.47. The van der Waals surface area contributed by atoms with Gasteiger partial charge in [0.2, 0.25) is 11.0 Å². The third-order valence-electron chi connectivity index (χ3n) is 14.9. The van der Waals surface area contributed by atoms with Gasteiger partial charge in [-0.2, -0.15) is 9.13 Å². The van der Waals surface area contributed by atoms with E-state index in [1.807, 2.05) is 53.1 Å². The van der Waals surface area contributed by atoms with Crippen molar-refractivity contribution in [3.8, 4) is 0 Å². The number of fused-ring (bicyclic) bond motifs is 4. The van der Waals surface area contributed by atoms with Gasteiger partial charge in [0.1, 0.15) is 26.6 Å². The SMILES string of the molecule is CCCCC[n+]1c(C=C2C=C(C=C3Sc4cc(C)ccc4N3CC)CC(C)(C)C2)sc2cc(C)ccc21.Cc1ccc(S(=O)(=O)[O-])cc1.Cc1ccc2c(c1)S/C(=C\C1=CC(=C/c3sc4cc(C)ccc4[n+]3C)/CC(C)C1)N2C. The fourth-order valence-electron chi connectivity index (χ4n) is 11.0. The van der Waals surface area contributed by atoms with Crippen LogP contribution in [0.3, 0.4) is 0 Å². The number of anilines is 2. The summed E-state index contributed by atoms with van der Waals surface area (Å²) in [6.07, 6.45) is 22.9. The number of hydrogen-bond acceptors (Lipinski definition) is 9. The summed E-state index contributed by atoms with van der Waals surface area (Å²) in [4.78, 5) is 7.37. The average Bonchev–Trinajstić information content (AvgIpc) is 4.24. The van der Waals surface area contributed by atoms with Crippen molar-refractivity contribution in [3.63, 3.8) is 0 Å². The Kier molecular flexibility index (Phi) is 18.2. The number of thioether (sulfide) groups is 2. The molecule has 1 atom stereocenters. The molecule has 412 valence electrons. The van der Waals surface area contributed by atoms with Crippen LogP contribution in [0.2, 0.25) is 0 Å². The van der Waals surface area contributed by atoms with Crippen LogP contribution >= 0.6 is 46.2 Å². The van der Waals surface area contributed by atoms with Crippen molar-refractivity contribution in [2.75, 3.05) is 23.4 Å². The van der Waals surface area contributed by atoms with Gasteiger partial charge in [-0.25, -0.2) is 8.42 Å². The minimum absolute atomic E-state index is 0.178. The number of aromatic nitrogens is 2. The van der Waals surface area contributed by atoms with Crippen molar-refractivity contribution in [3.05, 3.63) is 192 Å². The molecule has 1 unspecified atom stereocenters. The van der Waals surface area contributed by atoms with Crippen LogP contribution < -0.4 is 18.9 Å². The summed E-state index contributed by atoms with van der Waals surface area (Å²) in [6.45, 7) is 24.4. The third-order valence-corrected chi connectivity index (χ3v) is 20.3. The molecule has 12 heteroatoms. The van der Waals surface area contributed by atoms with Gasteiger partial charge in [-0.15, -0.1) is 0 Å². The maximum Gasteiger partial charge on any atom is 0.263 e. The number of benzene rings is 5. The van der Waals surface area contributed by atoms with E-state index in [1.165, 1.54) is 138 Å². The van der Waals surface area contributed by atoms with E-state index in [-0.39, 0.29) is 10.3 Å². The molecule has 0 saturated heterocycles. The summed E-state index contributed by atoms with van der Waals surface area (Å²) in [6, 6.07) is 33.0. The van der Waals surface area contributed by atoms with Crippen molar-refractivity contribution in [2.45, 2.75) is 135 Å². The number of aryl methyl sites for hydroxylation is 7. The number of rotatable bonds is 10. The molecule has 0 radical (unpaired) electrons. The molecule has 2 aromatic heterocycles. The molecule has 0 bridgehead atoms. The first-order chi connectivity index (χ1) is 37.6. The molecule has 0 saturated carbocycles. The standard InChI is InChI=1S/C33H41N2S2.C27H29N2S2.C7H8O3S/c1-7-9-10-15-35-28-14-12-24(4)17-30(28)37-32(35)20-26-18-25(21-33(5,6)22-26)19-31-34(8-2)27-13-11-23(3)16-29(27)36-31;1-17-6-8-22-24(12-17)30-26(28(22)4)15-20-10-19(3)11-21(14-20)16-27-29(5)23-9-7-18(2)13-25(23)31-27;1-6-2-4-7(5-3-6)11(8,9)10/h11-14,16-20H,7-10,15,21-22H2,1-6H3;6-9,12-16,19H,10-11H2,1-5H3;2-5H,1H3,(H,8,9,10)/q2*+1;/p-1. The van der Waals surface area contributed by atoms with Crippen LogP contribution in [0.15, 0.2) is 168 Å². The van der Waals surface area contributed by atoms with E-state index in [9.17, 15) is 13.0 Å². The second kappa shape index (κ2) is 24.7. The number of hydrogen-bond donors (Lipinski definition) is 0. The van der Waals surface area contributed by atoms with Crippen LogP contribution in [0, 0.1) is 46.0 Å². The molecule has 11 rings (SSSR count). The first-order valence-electron chi connectivity index (χ1n) is 27.8. The Balaban J connectivity index is 0.000000162. The molecule has 2 aliphatic carbocycles. The molecule has 7 aromatic rings. The average molecular weight is 1150 g/mol. The van der Waals surface area contributed by atoms with E-state index < -0.39 is 10.1 Å². The number of nitrogens with zero attached hydrogens (tertiary/aromatic N) is 4. The van der Waals surface area contributed by atoms with Gasteiger partial charge in [0.15, 0.2) is 6.54 Å². The van der Waals surface area contributed by atoms with Crippen molar-refractivity contribution in [2.24, 2.45) is 18.4 Å². The number of allylic oxidation sites excluding steroid dienone is 8. The lowest BCUT2D eigenvalue weighted by Gasteiger charge is -2.31. The molecule has 0 spiro atoms. The van der Waals surface area contributed by atoms with Gasteiger partial charge in [0, 0.05) is 54.1 Å². The summed E-state index contributed by atoms with van der Waals surface area (Å²) in [5.74, 6) is 0.659. The van der Waals surface area contributed by atoms with Crippen molar-refractivity contribution < 1.29 is 22.1 Å². The zero-order chi connectivity index (χ0) is 56.3. The first kappa shape index (κ1) is 58.2. The lowest BCUT2D eigenvalue weighted by molar-refractivity contribution is -0.669. The Morgan fingerprint density at radius 1 is 0.646 bits per heavy atom. The van der Waals surface area contributed by atoms with Crippen LogP contribution in [0.4, 0.5) is 11.4 Å². The van der Waals surface area contributed by atoms with Crippen LogP contribution in [0.1, 0.15) is 117 Å². The summed E-state index contributed by atoms with van der Waals surface area (Å²) in [5, 5.41) is 5.39. The van der Waals surface area contributed by atoms with Gasteiger partial charge in [-0.05, 0) is 190 Å². The summed E-state index contributed by atoms with van der Waals surface area (Å²) >= 11 is 7.66. The minimum Gasteiger partial charge on any atom is -0.744 e. The lowest BCUT2D eigenvalue weighted by Crippen LogP contribution is -2.35. The van der Waals surface area contributed by atoms with Crippen molar-refractivity contribution in [1.29, 1.82) is 0 Å². The minimum atomic E-state index is -4.27. The van der Waals surface area contributed by atoms with Gasteiger partial charge in [0.05, 0.1) is 26.3 Å². The molecule has 7 nitrogen and oxygen atoms in total. The largest absolute Gasteiger partial charge is 0.744 e. The van der Waals surface area contributed by atoms with Gasteiger partial charge >= 0.3 is 0 Å². The molecule has 0 N–H and O–H groups in total. The molecule has 0 fully saturated rings. The zero-order valence-electron chi connectivity index (χ0n) is 48.2. The fourth-order valence-corrected chi connectivity index (χ4v) is 16.5. The molecule has 4 heterocycles. The molecular formula is C67H77N4O3S5+. The summed E-state index contributed by atoms with van der Waals surface area (Å²) in [5.41, 5.74) is 17.6. The van der Waals surface area contributed by atoms with Crippen molar-refractivity contribution in [1.82, 2.24) is 0 Å². The van der Waals surface area contributed by atoms with Crippen LogP contribution in [-0.2, 0) is 23.7 Å². The second-order valence-electron chi connectivity index (χ2n) is 22.8. The summed E-state index contributed by atoms with van der Waals surface area (Å²) in [7, 11) is 0.0970. The highest BCUT2D eigenvalue weighted by Gasteiger charge is 2.30. The quantitative estimate of drug-likeness (QED) is 0.0767. The van der Waals surface area contributed by atoms with Gasteiger partial charge in [-0.1, -0.05) is 134 Å². The second-order valence-corrected chi connectivity index (χ2v) is 28.5. The Bertz CT molecular complexity index is 3740. The maximum absolute atomic E-state index is 10.4. The van der Waals surface area contributed by atoms with Gasteiger partial charge < -0.3 is 14.4 Å². The third kappa shape index (κ3) is 14.2. The summed E-state index contributed by atoms with van der Waals surface area (Å²) < 4.78 is 38.8. The van der Waals surface area contributed by atoms with Crippen LogP contribution in [0.25, 0.3) is 32.6 Å². The van der Waals surface area contributed by atoms with E-state index >= 15 is 0 Å². The molecule has 79 heavy (non-hydrogen) atoms. The smallest absolute Gasteiger partial charge is 0.263 e. The lowest BCUT2D eigenvalue weighted by atomic mass is 9.75. The predicted molar refractivity (Wildman–Crippen MR) is 338 cm³/mol. The van der Waals surface area contributed by atoms with Crippen molar-refractivity contribution >= 4 is 100 Å². The number of thiazole rings is 2. The van der Waals surface area contributed by atoms with Crippen LogP contribution in [-0.4, -0.2) is 26.6 Å². The fraction of sp³-hybridized carbons (Fsp3) is 0.343. The van der Waals surface area contributed by atoms with Gasteiger partial charge in [-0.3, -0.25) is 0 Å². The molecular weight excluding hydrogens is 1070 g/mol. The van der Waals surface area contributed by atoms with E-state index in [0.717, 1.165) is 44.3 Å². The Morgan fingerprint density at radius 3 is 1.87 bits per heavy atom. The highest BCUT2D eigenvalue weighted by molar-refractivity contribution is 8.04. The van der Waals surface area contributed by atoms with Crippen LogP contribution in [0.5, 0.6) is 0 Å². The van der Waals surface area contributed by atoms with E-state index in [1.54, 1.807) is 12.1 Å². The normalized spacial score (nSPS) is 18.9. The zero-order valence-corrected chi connectivity index (χ0v) is 52.3. The molecule has 2 aliphatic heterocycles. The van der Waals surface area contributed by atoms with Gasteiger partial charge in [0.25, 0.3) is 10.0 Å². The highest BCUT2D eigenvalue weighted by Crippen LogP contribution is 2.49. The van der Waals surface area contributed by atoms with E-state index in [4.69, 9.17) is 0 Å². The topological polar surface area (TPSA) is 71.4 Å². The highest BCUT2D eigenvalue weighted by atomic mass is 32.2. The van der Waals surface area contributed by atoms with E-state index in [2.05, 4.69) is 205 Å². The molecule has 4 aliphatic rings. The van der Waals surface area contributed by atoms with E-state index in [0.29, 0.717) is 5.92 Å². The maximum atomic E-state index is 10.4. The Morgan fingerprint density at radius 2 is 1.20 bits per heavy atom. The number of unbranched alkanes of at least 4 members (excludes halogenated alkanes) is 2. The first-order valence-corrected chi connectivity index (χ1v) is 32.5.